The third kappa shape index (κ3) is 3.78. The molecule has 0 aliphatic heterocycles. The van der Waals surface area contributed by atoms with Gasteiger partial charge in [0, 0.05) is 5.54 Å². The lowest BCUT2D eigenvalue weighted by atomic mass is 9.83. The fraction of sp³-hybridized carbons (Fsp3) is 0.923. The van der Waals surface area contributed by atoms with E-state index in [0.29, 0.717) is 6.54 Å². The second-order valence-corrected chi connectivity index (χ2v) is 5.74. The summed E-state index contributed by atoms with van der Waals surface area (Å²) in [6.45, 7) is 3.70. The zero-order chi connectivity index (χ0) is 11.4. The van der Waals surface area contributed by atoms with Gasteiger partial charge in [-0.2, -0.15) is 0 Å². The second kappa shape index (κ2) is 5.17. The Labute approximate surface area is 98.4 Å². The summed E-state index contributed by atoms with van der Waals surface area (Å²) >= 11 is 0. The molecule has 2 saturated carbocycles. The monoisotopic (exact) mass is 224 g/mol. The molecule has 2 N–H and O–H groups in total. The van der Waals surface area contributed by atoms with Crippen molar-refractivity contribution >= 4 is 5.91 Å². The molecule has 0 atom stereocenters. The maximum Gasteiger partial charge on any atom is 0.234 e. The van der Waals surface area contributed by atoms with Gasteiger partial charge >= 0.3 is 0 Å². The molecule has 0 heterocycles. The zero-order valence-electron chi connectivity index (χ0n) is 10.3. The number of carbonyl (C=O) groups is 1. The second-order valence-electron chi connectivity index (χ2n) is 5.74. The van der Waals surface area contributed by atoms with E-state index in [1.165, 1.54) is 32.1 Å². The average Bonchev–Trinajstić information content (AvgIpc) is 3.02. The van der Waals surface area contributed by atoms with Crippen molar-refractivity contribution in [3.05, 3.63) is 0 Å². The maximum atomic E-state index is 11.7. The van der Waals surface area contributed by atoms with Gasteiger partial charge in [0.25, 0.3) is 0 Å². The molecule has 2 rings (SSSR count). The van der Waals surface area contributed by atoms with Crippen LogP contribution in [0.4, 0.5) is 0 Å². The first-order chi connectivity index (χ1) is 7.68. The predicted octanol–water partition coefficient (Wildman–Crippen LogP) is 1.82. The number of hydrogen-bond acceptors (Lipinski definition) is 2. The van der Waals surface area contributed by atoms with E-state index in [-0.39, 0.29) is 11.4 Å². The highest BCUT2D eigenvalue weighted by Gasteiger charge is 2.28. The summed E-state index contributed by atoms with van der Waals surface area (Å²) in [6.07, 6.45) is 8.80. The highest BCUT2D eigenvalue weighted by atomic mass is 16.2. The van der Waals surface area contributed by atoms with Crippen molar-refractivity contribution in [1.29, 1.82) is 0 Å². The SMILES string of the molecule is CC1(NC(=O)CNCC2CC2)CCCCC1. The fourth-order valence-electron chi connectivity index (χ4n) is 2.55. The van der Waals surface area contributed by atoms with Gasteiger partial charge in [-0.3, -0.25) is 4.79 Å². The molecule has 3 nitrogen and oxygen atoms in total. The van der Waals surface area contributed by atoms with Crippen molar-refractivity contribution < 1.29 is 4.79 Å². The van der Waals surface area contributed by atoms with Crippen molar-refractivity contribution in [2.45, 2.75) is 57.4 Å². The molecule has 0 unspecified atom stereocenters. The molecule has 1 amide bonds. The lowest BCUT2D eigenvalue weighted by molar-refractivity contribution is -0.122. The largest absolute Gasteiger partial charge is 0.350 e. The molecule has 0 radical (unpaired) electrons. The summed E-state index contributed by atoms with van der Waals surface area (Å²) in [5.41, 5.74) is 0.0661. The number of amides is 1. The highest BCUT2D eigenvalue weighted by molar-refractivity contribution is 5.78. The highest BCUT2D eigenvalue weighted by Crippen LogP contribution is 2.28. The molecule has 0 aromatic rings. The van der Waals surface area contributed by atoms with E-state index in [9.17, 15) is 4.79 Å². The van der Waals surface area contributed by atoms with Crippen LogP contribution in [0.1, 0.15) is 51.9 Å². The van der Waals surface area contributed by atoms with Crippen LogP contribution in [0.15, 0.2) is 0 Å². The standard InChI is InChI=1S/C13H24N2O/c1-13(7-3-2-4-8-13)15-12(16)10-14-9-11-5-6-11/h11,14H,2-10H2,1H3,(H,15,16). The average molecular weight is 224 g/mol. The van der Waals surface area contributed by atoms with Crippen LogP contribution in [0.3, 0.4) is 0 Å². The molecule has 0 aromatic heterocycles. The fourth-order valence-corrected chi connectivity index (χ4v) is 2.55. The molecule has 2 aliphatic rings. The smallest absolute Gasteiger partial charge is 0.234 e. The van der Waals surface area contributed by atoms with E-state index in [4.69, 9.17) is 0 Å². The third-order valence-electron chi connectivity index (χ3n) is 3.81. The van der Waals surface area contributed by atoms with Crippen molar-refractivity contribution in [3.8, 4) is 0 Å². The Morgan fingerprint density at radius 1 is 1.25 bits per heavy atom. The van der Waals surface area contributed by atoms with Crippen molar-refractivity contribution in [2.24, 2.45) is 5.92 Å². The minimum Gasteiger partial charge on any atom is -0.350 e. The Kier molecular flexibility index (Phi) is 3.85. The first-order valence-corrected chi connectivity index (χ1v) is 6.70. The molecule has 0 bridgehead atoms. The Bertz CT molecular complexity index is 242. The van der Waals surface area contributed by atoms with Gasteiger partial charge < -0.3 is 10.6 Å². The van der Waals surface area contributed by atoms with Crippen molar-refractivity contribution in [3.63, 3.8) is 0 Å². The molecule has 0 aromatic carbocycles. The number of nitrogens with one attached hydrogen (secondary N) is 2. The lowest BCUT2D eigenvalue weighted by Gasteiger charge is -2.34. The Morgan fingerprint density at radius 3 is 2.56 bits per heavy atom. The number of carbonyl (C=O) groups excluding carboxylic acids is 1. The summed E-state index contributed by atoms with van der Waals surface area (Å²) in [4.78, 5) is 11.7. The summed E-state index contributed by atoms with van der Waals surface area (Å²) in [7, 11) is 0. The van der Waals surface area contributed by atoms with Crippen LogP contribution in [0.2, 0.25) is 0 Å². The van der Waals surface area contributed by atoms with Gasteiger partial charge in [0.05, 0.1) is 6.54 Å². The quantitative estimate of drug-likeness (QED) is 0.748. The normalized spacial score (nSPS) is 24.1. The van der Waals surface area contributed by atoms with Crippen LogP contribution >= 0.6 is 0 Å². The van der Waals surface area contributed by atoms with Crippen LogP contribution in [-0.2, 0) is 4.79 Å². The molecule has 2 aliphatic carbocycles. The van der Waals surface area contributed by atoms with Gasteiger partial charge in [-0.05, 0) is 45.1 Å². The molecule has 16 heavy (non-hydrogen) atoms. The number of hydrogen-bond donors (Lipinski definition) is 2. The Hall–Kier alpha value is -0.570. The van der Waals surface area contributed by atoms with Crippen molar-refractivity contribution in [2.75, 3.05) is 13.1 Å². The van der Waals surface area contributed by atoms with Gasteiger partial charge in [-0.1, -0.05) is 19.3 Å². The molecular weight excluding hydrogens is 200 g/mol. The van der Waals surface area contributed by atoms with Crippen LogP contribution in [0.5, 0.6) is 0 Å². The lowest BCUT2D eigenvalue weighted by Crippen LogP contribution is -2.50. The summed E-state index contributed by atoms with van der Waals surface area (Å²) in [6, 6.07) is 0. The van der Waals surface area contributed by atoms with Gasteiger partial charge in [0.2, 0.25) is 5.91 Å². The van der Waals surface area contributed by atoms with Gasteiger partial charge in [0.15, 0.2) is 0 Å². The predicted molar refractivity (Wildman–Crippen MR) is 65.2 cm³/mol. The maximum absolute atomic E-state index is 11.7. The zero-order valence-corrected chi connectivity index (χ0v) is 10.3. The van der Waals surface area contributed by atoms with Gasteiger partial charge in [-0.15, -0.1) is 0 Å². The van der Waals surface area contributed by atoms with E-state index < -0.39 is 0 Å². The summed E-state index contributed by atoms with van der Waals surface area (Å²) < 4.78 is 0. The van der Waals surface area contributed by atoms with Crippen LogP contribution in [0, 0.1) is 5.92 Å². The molecule has 0 spiro atoms. The summed E-state index contributed by atoms with van der Waals surface area (Å²) in [5.74, 6) is 1.02. The van der Waals surface area contributed by atoms with Crippen LogP contribution < -0.4 is 10.6 Å². The van der Waals surface area contributed by atoms with Crippen LogP contribution in [0.25, 0.3) is 0 Å². The topological polar surface area (TPSA) is 41.1 Å². The third-order valence-corrected chi connectivity index (χ3v) is 3.81. The molecule has 2 fully saturated rings. The van der Waals surface area contributed by atoms with Crippen molar-refractivity contribution in [1.82, 2.24) is 10.6 Å². The van der Waals surface area contributed by atoms with E-state index in [1.807, 2.05) is 0 Å². The van der Waals surface area contributed by atoms with Crippen LogP contribution in [-0.4, -0.2) is 24.5 Å². The Morgan fingerprint density at radius 2 is 1.94 bits per heavy atom. The molecular formula is C13H24N2O. The minimum absolute atomic E-state index is 0.0661. The van der Waals surface area contributed by atoms with E-state index >= 15 is 0 Å². The first-order valence-electron chi connectivity index (χ1n) is 6.70. The first kappa shape index (κ1) is 11.9. The molecule has 92 valence electrons. The van der Waals surface area contributed by atoms with E-state index in [0.717, 1.165) is 25.3 Å². The minimum atomic E-state index is 0.0661. The van der Waals surface area contributed by atoms with E-state index in [2.05, 4.69) is 17.6 Å². The Balaban J connectivity index is 1.64. The van der Waals surface area contributed by atoms with E-state index in [1.54, 1.807) is 0 Å². The number of rotatable bonds is 5. The van der Waals surface area contributed by atoms with Gasteiger partial charge in [-0.25, -0.2) is 0 Å². The molecule has 0 saturated heterocycles. The summed E-state index contributed by atoms with van der Waals surface area (Å²) in [5, 5.41) is 6.43. The van der Waals surface area contributed by atoms with Gasteiger partial charge in [0.1, 0.15) is 0 Å². The molecule has 3 heteroatoms.